The Bertz CT molecular complexity index is 518. The van der Waals surface area contributed by atoms with Gasteiger partial charge < -0.3 is 14.4 Å². The molecule has 22 heavy (non-hydrogen) atoms. The van der Waals surface area contributed by atoms with E-state index in [9.17, 15) is 4.79 Å². The molecule has 1 aliphatic carbocycles. The second kappa shape index (κ2) is 7.45. The molecule has 4 heteroatoms. The first-order valence-electron chi connectivity index (χ1n) is 8.08. The predicted molar refractivity (Wildman–Crippen MR) is 86.2 cm³/mol. The number of ether oxygens (including phenoxy) is 2. The van der Waals surface area contributed by atoms with Crippen molar-refractivity contribution in [3.8, 4) is 0 Å². The van der Waals surface area contributed by atoms with Crippen molar-refractivity contribution in [1.82, 2.24) is 0 Å². The van der Waals surface area contributed by atoms with Gasteiger partial charge in [-0.1, -0.05) is 12.2 Å². The molecular weight excluding hydrogens is 278 g/mol. The van der Waals surface area contributed by atoms with Gasteiger partial charge in [-0.25, -0.2) is 4.79 Å². The van der Waals surface area contributed by atoms with Crippen LogP contribution in [-0.4, -0.2) is 38.9 Å². The van der Waals surface area contributed by atoms with Crippen molar-refractivity contribution >= 4 is 11.7 Å². The lowest BCUT2D eigenvalue weighted by Crippen LogP contribution is -2.36. The number of hydrogen-bond acceptors (Lipinski definition) is 4. The van der Waals surface area contributed by atoms with Crippen LogP contribution in [0.5, 0.6) is 0 Å². The SMILES string of the molecule is O=C(OCC1CC=CCC1)c1ccc(N2CCOCC2)cc1. The van der Waals surface area contributed by atoms with Gasteiger partial charge in [-0.2, -0.15) is 0 Å². The Balaban J connectivity index is 1.52. The van der Waals surface area contributed by atoms with Crippen LogP contribution in [0.4, 0.5) is 5.69 Å². The molecule has 1 atom stereocenters. The van der Waals surface area contributed by atoms with Crippen LogP contribution >= 0.6 is 0 Å². The molecule has 0 bridgehead atoms. The van der Waals surface area contributed by atoms with Gasteiger partial charge in [0.2, 0.25) is 0 Å². The van der Waals surface area contributed by atoms with Crippen molar-refractivity contribution in [2.75, 3.05) is 37.8 Å². The summed E-state index contributed by atoms with van der Waals surface area (Å²) in [6.45, 7) is 3.85. The first-order chi connectivity index (χ1) is 10.8. The number of carbonyl (C=O) groups is 1. The second-order valence-corrected chi connectivity index (χ2v) is 5.90. The summed E-state index contributed by atoms with van der Waals surface area (Å²) in [4.78, 5) is 14.4. The van der Waals surface area contributed by atoms with Gasteiger partial charge in [-0.05, 0) is 49.4 Å². The average Bonchev–Trinajstić information content (AvgIpc) is 2.61. The fourth-order valence-electron chi connectivity index (χ4n) is 2.91. The maximum atomic E-state index is 12.1. The number of anilines is 1. The Hall–Kier alpha value is -1.81. The van der Waals surface area contributed by atoms with E-state index in [1.54, 1.807) is 0 Å². The summed E-state index contributed by atoms with van der Waals surface area (Å²) in [5.74, 6) is 0.254. The number of morpholine rings is 1. The summed E-state index contributed by atoms with van der Waals surface area (Å²) in [6.07, 6.45) is 7.60. The Morgan fingerprint density at radius 3 is 2.64 bits per heavy atom. The van der Waals surface area contributed by atoms with Crippen LogP contribution < -0.4 is 4.90 Å². The van der Waals surface area contributed by atoms with Crippen LogP contribution in [-0.2, 0) is 9.47 Å². The molecule has 4 nitrogen and oxygen atoms in total. The topological polar surface area (TPSA) is 38.8 Å². The molecule has 1 aromatic rings. The highest BCUT2D eigenvalue weighted by atomic mass is 16.5. The zero-order chi connectivity index (χ0) is 15.2. The molecule has 3 rings (SSSR count). The Morgan fingerprint density at radius 2 is 1.95 bits per heavy atom. The number of allylic oxidation sites excluding steroid dienone is 2. The second-order valence-electron chi connectivity index (χ2n) is 5.90. The quantitative estimate of drug-likeness (QED) is 0.633. The molecule has 118 valence electrons. The monoisotopic (exact) mass is 301 g/mol. The maximum absolute atomic E-state index is 12.1. The maximum Gasteiger partial charge on any atom is 0.338 e. The van der Waals surface area contributed by atoms with E-state index in [0.717, 1.165) is 51.3 Å². The van der Waals surface area contributed by atoms with E-state index in [1.165, 1.54) is 0 Å². The summed E-state index contributed by atoms with van der Waals surface area (Å²) in [5, 5.41) is 0. The molecule has 0 aromatic heterocycles. The number of nitrogens with zero attached hydrogens (tertiary/aromatic N) is 1. The summed E-state index contributed by atoms with van der Waals surface area (Å²) in [6, 6.07) is 7.69. The number of rotatable bonds is 4. The molecule has 0 radical (unpaired) electrons. The molecule has 0 saturated carbocycles. The van der Waals surface area contributed by atoms with Gasteiger partial charge in [0, 0.05) is 18.8 Å². The third kappa shape index (κ3) is 3.89. The number of esters is 1. The van der Waals surface area contributed by atoms with E-state index in [2.05, 4.69) is 17.1 Å². The highest BCUT2D eigenvalue weighted by Gasteiger charge is 2.15. The van der Waals surface area contributed by atoms with E-state index < -0.39 is 0 Å². The minimum Gasteiger partial charge on any atom is -0.462 e. The first kappa shape index (κ1) is 15.1. The van der Waals surface area contributed by atoms with Crippen molar-refractivity contribution < 1.29 is 14.3 Å². The zero-order valence-electron chi connectivity index (χ0n) is 12.9. The molecule has 1 unspecified atom stereocenters. The first-order valence-corrected chi connectivity index (χ1v) is 8.08. The van der Waals surface area contributed by atoms with Crippen LogP contribution in [0.25, 0.3) is 0 Å². The molecule has 0 amide bonds. The lowest BCUT2D eigenvalue weighted by atomic mass is 9.95. The van der Waals surface area contributed by atoms with Gasteiger partial charge in [0.25, 0.3) is 0 Å². The highest BCUT2D eigenvalue weighted by Crippen LogP contribution is 2.20. The number of hydrogen-bond donors (Lipinski definition) is 0. The van der Waals surface area contributed by atoms with E-state index in [0.29, 0.717) is 18.1 Å². The normalized spacial score (nSPS) is 21.6. The molecule has 0 spiro atoms. The van der Waals surface area contributed by atoms with Gasteiger partial charge >= 0.3 is 5.97 Å². The Labute approximate surface area is 131 Å². The Morgan fingerprint density at radius 1 is 1.18 bits per heavy atom. The van der Waals surface area contributed by atoms with Gasteiger partial charge in [0.15, 0.2) is 0 Å². The van der Waals surface area contributed by atoms with Crippen LogP contribution in [0.3, 0.4) is 0 Å². The van der Waals surface area contributed by atoms with E-state index in [-0.39, 0.29) is 5.97 Å². The summed E-state index contributed by atoms with van der Waals surface area (Å²) >= 11 is 0. The van der Waals surface area contributed by atoms with Crippen LogP contribution in [0.2, 0.25) is 0 Å². The average molecular weight is 301 g/mol. The molecular formula is C18H23NO3. The van der Waals surface area contributed by atoms with Crippen molar-refractivity contribution in [2.45, 2.75) is 19.3 Å². The highest BCUT2D eigenvalue weighted by molar-refractivity contribution is 5.89. The lowest BCUT2D eigenvalue weighted by Gasteiger charge is -2.28. The fourth-order valence-corrected chi connectivity index (χ4v) is 2.91. The smallest absolute Gasteiger partial charge is 0.338 e. The van der Waals surface area contributed by atoms with Gasteiger partial charge in [0.05, 0.1) is 25.4 Å². The van der Waals surface area contributed by atoms with E-state index in [4.69, 9.17) is 9.47 Å². The minimum absolute atomic E-state index is 0.219. The molecule has 1 fully saturated rings. The zero-order valence-corrected chi connectivity index (χ0v) is 12.9. The summed E-state index contributed by atoms with van der Waals surface area (Å²) < 4.78 is 10.8. The van der Waals surface area contributed by atoms with Crippen molar-refractivity contribution in [3.63, 3.8) is 0 Å². The Kier molecular flexibility index (Phi) is 5.11. The molecule has 0 N–H and O–H groups in total. The van der Waals surface area contributed by atoms with Crippen molar-refractivity contribution in [2.24, 2.45) is 5.92 Å². The number of carbonyl (C=O) groups excluding carboxylic acids is 1. The van der Waals surface area contributed by atoms with Crippen LogP contribution in [0.1, 0.15) is 29.6 Å². The predicted octanol–water partition coefficient (Wildman–Crippen LogP) is 3.04. The lowest BCUT2D eigenvalue weighted by molar-refractivity contribution is 0.0432. The van der Waals surface area contributed by atoms with Gasteiger partial charge in [-0.3, -0.25) is 0 Å². The van der Waals surface area contributed by atoms with Gasteiger partial charge in [-0.15, -0.1) is 0 Å². The molecule has 1 aromatic carbocycles. The van der Waals surface area contributed by atoms with E-state index in [1.807, 2.05) is 24.3 Å². The largest absolute Gasteiger partial charge is 0.462 e. The minimum atomic E-state index is -0.219. The van der Waals surface area contributed by atoms with Crippen molar-refractivity contribution in [3.05, 3.63) is 42.0 Å². The molecule has 1 heterocycles. The third-order valence-electron chi connectivity index (χ3n) is 4.31. The van der Waals surface area contributed by atoms with E-state index >= 15 is 0 Å². The molecule has 1 aliphatic heterocycles. The molecule has 2 aliphatic rings. The summed E-state index contributed by atoms with van der Waals surface area (Å²) in [7, 11) is 0. The fraction of sp³-hybridized carbons (Fsp3) is 0.500. The van der Waals surface area contributed by atoms with Crippen LogP contribution in [0, 0.1) is 5.92 Å². The number of benzene rings is 1. The summed E-state index contributed by atoms with van der Waals surface area (Å²) in [5.41, 5.74) is 1.76. The van der Waals surface area contributed by atoms with Crippen molar-refractivity contribution in [1.29, 1.82) is 0 Å². The van der Waals surface area contributed by atoms with Gasteiger partial charge in [0.1, 0.15) is 0 Å². The third-order valence-corrected chi connectivity index (χ3v) is 4.31. The molecule has 1 saturated heterocycles. The standard InChI is InChI=1S/C18H23NO3/c20-18(22-14-15-4-2-1-3-5-15)16-6-8-17(9-7-16)19-10-12-21-13-11-19/h1-2,6-9,15H,3-5,10-14H2. The van der Waals surface area contributed by atoms with Crippen LogP contribution in [0.15, 0.2) is 36.4 Å².